The summed E-state index contributed by atoms with van der Waals surface area (Å²) in [6.45, 7) is 4.93. The molecule has 1 N–H and O–H groups in total. The summed E-state index contributed by atoms with van der Waals surface area (Å²) in [5, 5.41) is 7.89. The molecule has 0 saturated carbocycles. The number of halogens is 4. The number of anilines is 1. The molecule has 8 nitrogen and oxygen atoms in total. The number of hydrogen-bond donors (Lipinski definition) is 1. The average molecular weight is 581 g/mol. The number of carbonyl (C=O) groups is 1. The maximum Gasteiger partial charge on any atom is 0.417 e. The second-order valence-corrected chi connectivity index (χ2v) is 10.1. The molecule has 2 aliphatic heterocycles. The first-order valence-corrected chi connectivity index (χ1v) is 13.4. The Labute approximate surface area is 231 Å². The smallest absolute Gasteiger partial charge is 0.371 e. The van der Waals surface area contributed by atoms with Crippen LogP contribution in [-0.2, 0) is 22.3 Å². The molecular weight excluding hydrogens is 552 g/mol. The van der Waals surface area contributed by atoms with E-state index in [0.717, 1.165) is 18.2 Å². The number of benzene rings is 2. The quantitative estimate of drug-likeness (QED) is 0.282. The van der Waals surface area contributed by atoms with Crippen LogP contribution in [0.3, 0.4) is 0 Å². The minimum absolute atomic E-state index is 0.0615. The van der Waals surface area contributed by atoms with E-state index in [1.807, 2.05) is 0 Å². The summed E-state index contributed by atoms with van der Waals surface area (Å²) < 4.78 is 62.6. The number of aromatic nitrogens is 2. The first kappa shape index (κ1) is 29.6. The molecule has 0 unspecified atom stereocenters. The van der Waals surface area contributed by atoms with Crippen molar-refractivity contribution in [2.45, 2.75) is 24.0 Å². The molecule has 0 spiro atoms. The zero-order valence-electron chi connectivity index (χ0n) is 21.7. The first-order valence-electron chi connectivity index (χ1n) is 12.4. The largest absolute Gasteiger partial charge is 0.417 e. The number of aliphatic hydroxyl groups excluding tert-OH is 1. The number of aryl methyl sites for hydroxylation is 1. The van der Waals surface area contributed by atoms with E-state index in [1.165, 1.54) is 41.6 Å². The maximum absolute atomic E-state index is 14.5. The lowest BCUT2D eigenvalue weighted by molar-refractivity contribution is -0.137. The highest BCUT2D eigenvalue weighted by Gasteiger charge is 2.38. The van der Waals surface area contributed by atoms with Crippen molar-refractivity contribution in [2.75, 3.05) is 50.7 Å². The number of piperazine rings is 1. The lowest BCUT2D eigenvalue weighted by atomic mass is 9.96. The number of aliphatic hydroxyl groups is 1. The minimum Gasteiger partial charge on any atom is -0.371 e. The number of alkyl halides is 3. The molecule has 3 heterocycles. The van der Waals surface area contributed by atoms with Crippen LogP contribution in [0.15, 0.2) is 52.7 Å². The van der Waals surface area contributed by atoms with E-state index in [9.17, 15) is 27.2 Å². The number of nitrogens with zero attached hydrogens (tertiary/aromatic N) is 4. The molecule has 0 atom stereocenters. The number of methoxy groups -OCH3 is 1. The predicted molar refractivity (Wildman–Crippen MR) is 145 cm³/mol. The van der Waals surface area contributed by atoms with Crippen LogP contribution in [0.5, 0.6) is 0 Å². The maximum atomic E-state index is 14.5. The topological polar surface area (TPSA) is 87.9 Å². The van der Waals surface area contributed by atoms with E-state index in [4.69, 9.17) is 5.11 Å². The van der Waals surface area contributed by atoms with Gasteiger partial charge in [-0.15, -0.1) is 11.8 Å². The van der Waals surface area contributed by atoms with Crippen molar-refractivity contribution in [1.82, 2.24) is 14.5 Å². The van der Waals surface area contributed by atoms with Gasteiger partial charge in [-0.1, -0.05) is 18.7 Å². The van der Waals surface area contributed by atoms with Crippen LogP contribution in [0.1, 0.15) is 12.0 Å². The summed E-state index contributed by atoms with van der Waals surface area (Å²) in [5.74, 6) is -0.0830. The van der Waals surface area contributed by atoms with Crippen molar-refractivity contribution < 1.29 is 32.2 Å². The van der Waals surface area contributed by atoms with E-state index < -0.39 is 23.2 Å². The van der Waals surface area contributed by atoms with Crippen LogP contribution in [0.25, 0.3) is 22.0 Å². The van der Waals surface area contributed by atoms with Gasteiger partial charge in [-0.05, 0) is 42.0 Å². The molecule has 1 saturated heterocycles. The Bertz CT molecular complexity index is 1450. The van der Waals surface area contributed by atoms with Crippen molar-refractivity contribution in [3.05, 3.63) is 64.9 Å². The Morgan fingerprint density at radius 1 is 1.18 bits per heavy atom. The normalized spacial score (nSPS) is 15.3. The van der Waals surface area contributed by atoms with Gasteiger partial charge in [0, 0.05) is 55.7 Å². The molecule has 0 radical (unpaired) electrons. The lowest BCUT2D eigenvalue weighted by Crippen LogP contribution is -2.49. The molecule has 2 aliphatic rings. The summed E-state index contributed by atoms with van der Waals surface area (Å²) in [4.78, 5) is 33.0. The highest BCUT2D eigenvalue weighted by Crippen LogP contribution is 2.48. The molecule has 3 aromatic rings. The van der Waals surface area contributed by atoms with E-state index in [1.54, 1.807) is 9.80 Å². The molecule has 0 bridgehead atoms. The predicted octanol–water partition coefficient (Wildman–Crippen LogP) is 4.13. The Kier molecular flexibility index (Phi) is 9.16. The highest BCUT2D eigenvalue weighted by molar-refractivity contribution is 7.99. The zero-order valence-corrected chi connectivity index (χ0v) is 22.5. The third kappa shape index (κ3) is 6.01. The molecule has 40 heavy (non-hydrogen) atoms. The Balaban J connectivity index is 0.000000867. The Morgan fingerprint density at radius 2 is 1.82 bits per heavy atom. The van der Waals surface area contributed by atoms with Gasteiger partial charge in [0.2, 0.25) is 5.91 Å². The van der Waals surface area contributed by atoms with E-state index in [2.05, 4.69) is 16.3 Å². The highest BCUT2D eigenvalue weighted by atomic mass is 32.2. The van der Waals surface area contributed by atoms with Crippen molar-refractivity contribution in [2.24, 2.45) is 0 Å². The average Bonchev–Trinajstić information content (AvgIpc) is 3.18. The number of thioether (sulfide) groups is 1. The van der Waals surface area contributed by atoms with Crippen LogP contribution < -0.4 is 10.6 Å². The van der Waals surface area contributed by atoms with Gasteiger partial charge in [0.15, 0.2) is 0 Å². The summed E-state index contributed by atoms with van der Waals surface area (Å²) in [6, 6.07) is 5.97. The summed E-state index contributed by atoms with van der Waals surface area (Å²) in [7, 11) is 1.43. The van der Waals surface area contributed by atoms with Crippen molar-refractivity contribution in [1.29, 1.82) is 0 Å². The summed E-state index contributed by atoms with van der Waals surface area (Å²) in [5.41, 5.74) is -0.822. The number of amides is 1. The molecular formula is C27H28F4N4O4S. The van der Waals surface area contributed by atoms with Crippen LogP contribution >= 0.6 is 11.8 Å². The van der Waals surface area contributed by atoms with E-state index >= 15 is 0 Å². The number of ether oxygens (including phenoxy) is 1. The molecule has 5 rings (SSSR count). The Hall–Kier alpha value is -3.42. The van der Waals surface area contributed by atoms with Gasteiger partial charge in [0.25, 0.3) is 0 Å². The minimum atomic E-state index is -4.70. The fraction of sp³-hybridized carbons (Fsp3) is 0.370. The second kappa shape index (κ2) is 12.4. The SMILES string of the molecule is C=CC(=O)N1CCN(c2nc(=O)n3c4c(c(-c5ccc(F)cc5)c(C(F)(F)F)cc24)SCCC3)CC1.COCO. The Morgan fingerprint density at radius 3 is 2.40 bits per heavy atom. The first-order chi connectivity index (χ1) is 19.1. The molecule has 1 amide bonds. The van der Waals surface area contributed by atoms with Gasteiger partial charge in [-0.2, -0.15) is 18.2 Å². The third-order valence-electron chi connectivity index (χ3n) is 6.60. The molecule has 0 aliphatic carbocycles. The van der Waals surface area contributed by atoms with Gasteiger partial charge in [0.05, 0.1) is 11.1 Å². The number of carbonyl (C=O) groups excluding carboxylic acids is 1. The van der Waals surface area contributed by atoms with Gasteiger partial charge >= 0.3 is 11.9 Å². The fourth-order valence-corrected chi connectivity index (χ4v) is 5.98. The molecule has 13 heteroatoms. The van der Waals surface area contributed by atoms with Gasteiger partial charge in [0.1, 0.15) is 18.4 Å². The molecule has 1 aromatic heterocycles. The fourth-order valence-electron chi connectivity index (χ4n) is 4.77. The summed E-state index contributed by atoms with van der Waals surface area (Å²) >= 11 is 1.27. The molecule has 1 fully saturated rings. The molecule has 2 aromatic carbocycles. The zero-order chi connectivity index (χ0) is 29.0. The van der Waals surface area contributed by atoms with Crippen molar-refractivity contribution in [3.8, 4) is 11.1 Å². The van der Waals surface area contributed by atoms with Crippen molar-refractivity contribution >= 4 is 34.4 Å². The number of rotatable bonds is 4. The van der Waals surface area contributed by atoms with Gasteiger partial charge < -0.3 is 19.6 Å². The summed E-state index contributed by atoms with van der Waals surface area (Å²) in [6.07, 6.45) is -2.90. The van der Waals surface area contributed by atoms with Crippen LogP contribution in [-0.4, -0.2) is 71.3 Å². The van der Waals surface area contributed by atoms with E-state index in [-0.39, 0.29) is 35.0 Å². The molecule has 214 valence electrons. The van der Waals surface area contributed by atoms with Gasteiger partial charge in [-0.25, -0.2) is 9.18 Å². The van der Waals surface area contributed by atoms with Crippen LogP contribution in [0.4, 0.5) is 23.4 Å². The standard InChI is InChI=1S/C25H22F4N4O2S.C2H6O2/c1-2-19(34)31-9-11-32(12-10-31)23-17-14-18(25(27,28)29)20(15-4-6-16(26)7-5-15)22-21(17)33(24(35)30-23)8-3-13-36-22;1-4-2-3/h2,4-7,14H,1,3,8-13H2;3H,2H2,1H3. The lowest BCUT2D eigenvalue weighted by Gasteiger charge is -2.35. The van der Waals surface area contributed by atoms with Gasteiger partial charge in [-0.3, -0.25) is 9.36 Å². The van der Waals surface area contributed by atoms with Crippen LogP contribution in [0, 0.1) is 5.82 Å². The van der Waals surface area contributed by atoms with E-state index in [0.29, 0.717) is 55.3 Å². The van der Waals surface area contributed by atoms with Crippen molar-refractivity contribution in [3.63, 3.8) is 0 Å². The monoisotopic (exact) mass is 580 g/mol. The second-order valence-electron chi connectivity index (χ2n) is 9.03. The number of hydrogen-bond acceptors (Lipinski definition) is 7. The van der Waals surface area contributed by atoms with Crippen LogP contribution in [0.2, 0.25) is 0 Å². The third-order valence-corrected chi connectivity index (χ3v) is 7.78.